The van der Waals surface area contributed by atoms with Crippen molar-refractivity contribution in [1.82, 2.24) is 5.32 Å². The van der Waals surface area contributed by atoms with Crippen molar-refractivity contribution in [3.05, 3.63) is 40.6 Å². The van der Waals surface area contributed by atoms with E-state index in [1.807, 2.05) is 19.2 Å². The van der Waals surface area contributed by atoms with Crippen LogP contribution in [0.25, 0.3) is 0 Å². The van der Waals surface area contributed by atoms with Crippen LogP contribution in [-0.2, 0) is 4.79 Å². The molecule has 0 spiro atoms. The van der Waals surface area contributed by atoms with Crippen LogP contribution in [0.3, 0.4) is 0 Å². The van der Waals surface area contributed by atoms with Gasteiger partial charge in [-0.3, -0.25) is 9.59 Å². The minimum absolute atomic E-state index is 0.261. The molecule has 2 N–H and O–H groups in total. The van der Waals surface area contributed by atoms with E-state index in [0.29, 0.717) is 35.3 Å². The Labute approximate surface area is 163 Å². The summed E-state index contributed by atoms with van der Waals surface area (Å²) in [6.45, 7) is 6.87. The number of amides is 2. The Morgan fingerprint density at radius 1 is 1.07 bits per heavy atom. The molecule has 7 heteroatoms. The minimum Gasteiger partial charge on any atom is -0.490 e. The first-order valence-electron chi connectivity index (χ1n) is 9.10. The van der Waals surface area contributed by atoms with Crippen molar-refractivity contribution in [3.63, 3.8) is 0 Å². The zero-order valence-corrected chi connectivity index (χ0v) is 16.7. The average molecular weight is 391 g/mol. The second kappa shape index (κ2) is 10.6. The predicted octanol–water partition coefficient (Wildman–Crippen LogP) is 4.08. The predicted molar refractivity (Wildman–Crippen MR) is 108 cm³/mol. The highest BCUT2D eigenvalue weighted by Crippen LogP contribution is 2.31. The number of anilines is 1. The maximum atomic E-state index is 12.4. The van der Waals surface area contributed by atoms with Crippen LogP contribution in [0.4, 0.5) is 5.69 Å². The zero-order valence-electron chi connectivity index (χ0n) is 15.9. The Kier molecular flexibility index (Phi) is 8.13. The van der Waals surface area contributed by atoms with Gasteiger partial charge in [0.25, 0.3) is 5.91 Å². The molecule has 1 aromatic carbocycles. The normalized spacial score (nSPS) is 11.5. The van der Waals surface area contributed by atoms with Crippen molar-refractivity contribution in [2.24, 2.45) is 0 Å². The van der Waals surface area contributed by atoms with Crippen molar-refractivity contribution in [3.8, 4) is 11.5 Å². The fourth-order valence-electron chi connectivity index (χ4n) is 2.23. The molecule has 2 aromatic rings. The van der Waals surface area contributed by atoms with Crippen LogP contribution in [0.15, 0.2) is 35.7 Å². The summed E-state index contributed by atoms with van der Waals surface area (Å²) in [7, 11) is 0. The van der Waals surface area contributed by atoms with Gasteiger partial charge in [-0.2, -0.15) is 0 Å². The van der Waals surface area contributed by atoms with E-state index in [2.05, 4.69) is 10.6 Å². The summed E-state index contributed by atoms with van der Waals surface area (Å²) in [5.74, 6) is 0.687. The highest BCUT2D eigenvalue weighted by Gasteiger charge is 2.18. The molecule has 0 aliphatic rings. The van der Waals surface area contributed by atoms with Crippen molar-refractivity contribution in [2.45, 2.75) is 39.7 Å². The number of thiophene rings is 1. The van der Waals surface area contributed by atoms with Crippen LogP contribution in [0, 0.1) is 0 Å². The smallest absolute Gasteiger partial charge is 0.261 e. The molecule has 1 unspecified atom stereocenters. The van der Waals surface area contributed by atoms with Gasteiger partial charge in [-0.05, 0) is 43.3 Å². The van der Waals surface area contributed by atoms with Gasteiger partial charge in [0.2, 0.25) is 5.91 Å². The molecular formula is C20H26N2O4S. The van der Waals surface area contributed by atoms with Crippen LogP contribution in [0.2, 0.25) is 0 Å². The van der Waals surface area contributed by atoms with Gasteiger partial charge in [-0.25, -0.2) is 0 Å². The Morgan fingerprint density at radius 3 is 2.41 bits per heavy atom. The molecule has 1 aromatic heterocycles. The fourth-order valence-corrected chi connectivity index (χ4v) is 2.86. The van der Waals surface area contributed by atoms with Gasteiger partial charge >= 0.3 is 0 Å². The summed E-state index contributed by atoms with van der Waals surface area (Å²) in [4.78, 5) is 25.1. The number of ether oxygens (including phenoxy) is 2. The number of carbonyl (C=O) groups is 2. The molecule has 2 amide bonds. The highest BCUT2D eigenvalue weighted by molar-refractivity contribution is 7.12. The molecule has 1 atom stereocenters. The molecule has 2 rings (SSSR count). The van der Waals surface area contributed by atoms with Gasteiger partial charge < -0.3 is 20.1 Å². The number of nitrogens with one attached hydrogen (secondary N) is 2. The lowest BCUT2D eigenvalue weighted by molar-refractivity contribution is -0.117. The van der Waals surface area contributed by atoms with E-state index in [4.69, 9.17) is 9.47 Å². The van der Waals surface area contributed by atoms with Crippen molar-refractivity contribution >= 4 is 28.8 Å². The molecule has 0 radical (unpaired) electrons. The summed E-state index contributed by atoms with van der Waals surface area (Å²) in [5.41, 5.74) is 0.590. The standard InChI is InChI=1S/C20H26N2O4S/c1-4-10-25-16-9-8-15(13-17(16)26-11-5-2)22-19(23)14(3)21-20(24)18-7-6-12-27-18/h6-9,12-14H,4-5,10-11H2,1-3H3,(H,21,24)(H,22,23). The third-order valence-electron chi connectivity index (χ3n) is 3.62. The van der Waals surface area contributed by atoms with Crippen LogP contribution in [-0.4, -0.2) is 31.1 Å². The van der Waals surface area contributed by atoms with E-state index in [9.17, 15) is 9.59 Å². The molecule has 0 bridgehead atoms. The summed E-state index contributed by atoms with van der Waals surface area (Å²) in [6, 6.07) is 8.13. The molecule has 146 valence electrons. The number of hydrogen-bond donors (Lipinski definition) is 2. The molecule has 1 heterocycles. The van der Waals surface area contributed by atoms with E-state index >= 15 is 0 Å². The van der Waals surface area contributed by atoms with E-state index in [0.717, 1.165) is 12.8 Å². The lowest BCUT2D eigenvalue weighted by atomic mass is 10.2. The second-order valence-corrected chi connectivity index (χ2v) is 6.97. The number of benzene rings is 1. The van der Waals surface area contributed by atoms with Crippen LogP contribution in [0.1, 0.15) is 43.3 Å². The van der Waals surface area contributed by atoms with Gasteiger partial charge in [0.05, 0.1) is 18.1 Å². The fraction of sp³-hybridized carbons (Fsp3) is 0.400. The van der Waals surface area contributed by atoms with E-state index in [1.165, 1.54) is 11.3 Å². The van der Waals surface area contributed by atoms with Gasteiger partial charge in [0.1, 0.15) is 6.04 Å². The SMILES string of the molecule is CCCOc1ccc(NC(=O)C(C)NC(=O)c2cccs2)cc1OCCC. The van der Waals surface area contributed by atoms with Crippen molar-refractivity contribution < 1.29 is 19.1 Å². The van der Waals surface area contributed by atoms with Gasteiger partial charge in [-0.1, -0.05) is 19.9 Å². The molecule has 0 saturated heterocycles. The summed E-state index contributed by atoms with van der Waals surface area (Å²) in [6.07, 6.45) is 1.77. The van der Waals surface area contributed by atoms with Crippen LogP contribution in [0.5, 0.6) is 11.5 Å². The monoisotopic (exact) mass is 390 g/mol. The molecule has 0 aliphatic heterocycles. The maximum absolute atomic E-state index is 12.4. The Morgan fingerprint density at radius 2 is 1.78 bits per heavy atom. The van der Waals surface area contributed by atoms with Gasteiger partial charge in [0.15, 0.2) is 11.5 Å². The highest BCUT2D eigenvalue weighted by atomic mass is 32.1. The van der Waals surface area contributed by atoms with Crippen molar-refractivity contribution in [1.29, 1.82) is 0 Å². The van der Waals surface area contributed by atoms with E-state index in [-0.39, 0.29) is 11.8 Å². The Hall–Kier alpha value is -2.54. The topological polar surface area (TPSA) is 76.7 Å². The quantitative estimate of drug-likeness (QED) is 0.641. The molecule has 27 heavy (non-hydrogen) atoms. The van der Waals surface area contributed by atoms with Crippen LogP contribution >= 0.6 is 11.3 Å². The molecule has 0 saturated carbocycles. The summed E-state index contributed by atoms with van der Waals surface area (Å²) >= 11 is 1.33. The van der Waals surface area contributed by atoms with Gasteiger partial charge in [0, 0.05) is 11.8 Å². The first kappa shape index (κ1) is 20.8. The maximum Gasteiger partial charge on any atom is 0.261 e. The molecular weight excluding hydrogens is 364 g/mol. The molecule has 6 nitrogen and oxygen atoms in total. The Bertz CT molecular complexity index is 746. The van der Waals surface area contributed by atoms with Crippen LogP contribution < -0.4 is 20.1 Å². The number of rotatable bonds is 10. The first-order valence-corrected chi connectivity index (χ1v) is 9.98. The molecule has 0 fully saturated rings. The number of hydrogen-bond acceptors (Lipinski definition) is 5. The third kappa shape index (κ3) is 6.29. The third-order valence-corrected chi connectivity index (χ3v) is 4.49. The second-order valence-electron chi connectivity index (χ2n) is 6.02. The lowest BCUT2D eigenvalue weighted by Gasteiger charge is -2.16. The van der Waals surface area contributed by atoms with Crippen molar-refractivity contribution in [2.75, 3.05) is 18.5 Å². The summed E-state index contributed by atoms with van der Waals surface area (Å²) in [5, 5.41) is 7.32. The van der Waals surface area contributed by atoms with E-state index in [1.54, 1.807) is 37.3 Å². The Balaban J connectivity index is 2.01. The minimum atomic E-state index is -0.671. The summed E-state index contributed by atoms with van der Waals surface area (Å²) < 4.78 is 11.4. The molecule has 0 aliphatic carbocycles. The average Bonchev–Trinajstić information content (AvgIpc) is 3.20. The van der Waals surface area contributed by atoms with Gasteiger partial charge in [-0.15, -0.1) is 11.3 Å². The van der Waals surface area contributed by atoms with E-state index < -0.39 is 6.04 Å². The lowest BCUT2D eigenvalue weighted by Crippen LogP contribution is -2.41. The largest absolute Gasteiger partial charge is 0.490 e. The number of carbonyl (C=O) groups excluding carboxylic acids is 2. The first-order chi connectivity index (χ1) is 13.0. The zero-order chi connectivity index (χ0) is 19.6.